The van der Waals surface area contributed by atoms with Gasteiger partial charge in [0.15, 0.2) is 28.9 Å². The van der Waals surface area contributed by atoms with Crippen molar-refractivity contribution in [2.45, 2.75) is 42.9 Å². The number of carbonyl (C=O) groups excluding carboxylic acids is 2. The van der Waals surface area contributed by atoms with Crippen molar-refractivity contribution in [3.05, 3.63) is 69.8 Å². The van der Waals surface area contributed by atoms with Gasteiger partial charge in [-0.1, -0.05) is 29.7 Å². The zero-order valence-electron chi connectivity index (χ0n) is 19.5. The lowest BCUT2D eigenvalue weighted by Crippen LogP contribution is -2.54. The first-order valence-electron chi connectivity index (χ1n) is 11.5. The maximum atomic E-state index is 13.8. The maximum absolute atomic E-state index is 13.8. The Morgan fingerprint density at radius 3 is 2.56 bits per heavy atom. The predicted molar refractivity (Wildman–Crippen MR) is 129 cm³/mol. The monoisotopic (exact) mass is 482 g/mol. The van der Waals surface area contributed by atoms with Crippen LogP contribution in [-0.4, -0.2) is 57.8 Å². The number of allylic oxidation sites excluding steroid dienone is 2. The molecular formula is C28H22N2O6. The molecule has 0 aromatic heterocycles. The van der Waals surface area contributed by atoms with E-state index in [2.05, 4.69) is 34.3 Å². The van der Waals surface area contributed by atoms with E-state index in [1.807, 2.05) is 0 Å². The fourth-order valence-electron chi connectivity index (χ4n) is 5.80. The van der Waals surface area contributed by atoms with Crippen LogP contribution in [-0.2, 0) is 16.9 Å². The van der Waals surface area contributed by atoms with Gasteiger partial charge in [0.2, 0.25) is 0 Å². The zero-order valence-corrected chi connectivity index (χ0v) is 19.5. The van der Waals surface area contributed by atoms with Crippen LogP contribution in [0.5, 0.6) is 5.75 Å². The van der Waals surface area contributed by atoms with Gasteiger partial charge in [-0.15, -0.1) is 0 Å². The molecule has 180 valence electrons. The van der Waals surface area contributed by atoms with Crippen LogP contribution < -0.4 is 10.6 Å². The highest BCUT2D eigenvalue weighted by Crippen LogP contribution is 2.67. The van der Waals surface area contributed by atoms with Crippen molar-refractivity contribution in [2.75, 3.05) is 12.4 Å². The predicted octanol–water partition coefficient (Wildman–Crippen LogP) is 0.964. The molecule has 4 aliphatic rings. The minimum atomic E-state index is -1.58. The summed E-state index contributed by atoms with van der Waals surface area (Å²) in [5.74, 6) is 9.94. The number of hydrogen-bond donors (Lipinski definition) is 5. The molecule has 0 amide bonds. The Bertz CT molecular complexity index is 1530. The highest BCUT2D eigenvalue weighted by molar-refractivity contribution is 6.31. The van der Waals surface area contributed by atoms with Gasteiger partial charge in [-0.25, -0.2) is 0 Å². The Morgan fingerprint density at radius 2 is 1.83 bits per heavy atom. The van der Waals surface area contributed by atoms with Crippen LogP contribution >= 0.6 is 0 Å². The first kappa shape index (κ1) is 22.5. The minimum absolute atomic E-state index is 0.0162. The summed E-state index contributed by atoms with van der Waals surface area (Å²) in [6.45, 7) is 2.03. The number of benzene rings is 2. The average molecular weight is 482 g/mol. The Balaban J connectivity index is 1.63. The molecular weight excluding hydrogens is 460 g/mol. The molecule has 0 unspecified atom stereocenters. The molecule has 2 aliphatic carbocycles. The zero-order chi connectivity index (χ0) is 25.4. The number of aliphatic hydroxyl groups excluding tert-OH is 2. The Morgan fingerprint density at radius 1 is 1.11 bits per heavy atom. The van der Waals surface area contributed by atoms with Crippen LogP contribution in [0.25, 0.3) is 0 Å². The van der Waals surface area contributed by atoms with E-state index in [1.54, 1.807) is 25.2 Å². The number of rotatable bonds is 3. The summed E-state index contributed by atoms with van der Waals surface area (Å²) >= 11 is 0. The van der Waals surface area contributed by atoms with E-state index in [1.165, 1.54) is 25.1 Å². The fraction of sp³-hybridized carbons (Fsp3) is 0.286. The second-order valence-electron chi connectivity index (χ2n) is 9.33. The Kier molecular flexibility index (Phi) is 4.72. The van der Waals surface area contributed by atoms with Crippen molar-refractivity contribution in [1.82, 2.24) is 5.32 Å². The van der Waals surface area contributed by atoms with Gasteiger partial charge in [0, 0.05) is 23.2 Å². The fourth-order valence-corrected chi connectivity index (χ4v) is 5.80. The smallest absolute Gasteiger partial charge is 0.198 e. The summed E-state index contributed by atoms with van der Waals surface area (Å²) in [4.78, 5) is 27.4. The number of ether oxygens (including phenoxy) is 1. The first-order valence-corrected chi connectivity index (χ1v) is 11.5. The third-order valence-electron chi connectivity index (χ3n) is 7.40. The summed E-state index contributed by atoms with van der Waals surface area (Å²) in [7, 11) is 1.78. The molecule has 6 rings (SSSR count). The number of fused-ring (bicyclic) bond motifs is 4. The van der Waals surface area contributed by atoms with E-state index in [4.69, 9.17) is 4.74 Å². The van der Waals surface area contributed by atoms with Crippen molar-refractivity contribution >= 4 is 17.3 Å². The maximum Gasteiger partial charge on any atom is 0.198 e. The molecule has 0 spiro atoms. The number of phenolic OH excluding ortho intramolecular Hbond substituents is 1. The molecule has 5 N–H and O–H groups in total. The summed E-state index contributed by atoms with van der Waals surface area (Å²) < 4.78 is 6.16. The first-order chi connectivity index (χ1) is 17.3. The summed E-state index contributed by atoms with van der Waals surface area (Å²) in [5, 5.41) is 39.3. The number of aliphatic hydroxyl groups is 2. The highest BCUT2D eigenvalue weighted by Gasteiger charge is 2.82. The van der Waals surface area contributed by atoms with Crippen LogP contribution in [0.4, 0.5) is 5.69 Å². The largest absolute Gasteiger partial charge is 0.507 e. The lowest BCUT2D eigenvalue weighted by molar-refractivity contribution is 0.0867. The van der Waals surface area contributed by atoms with Gasteiger partial charge in [0.05, 0.1) is 22.9 Å². The van der Waals surface area contributed by atoms with Crippen molar-refractivity contribution in [3.8, 4) is 29.4 Å². The van der Waals surface area contributed by atoms with E-state index >= 15 is 0 Å². The van der Waals surface area contributed by atoms with Crippen LogP contribution in [0.2, 0.25) is 0 Å². The van der Waals surface area contributed by atoms with Crippen LogP contribution in [0.15, 0.2) is 36.4 Å². The molecule has 0 radical (unpaired) electrons. The molecule has 8 heteroatoms. The second kappa shape index (κ2) is 7.54. The van der Waals surface area contributed by atoms with E-state index in [-0.39, 0.29) is 33.5 Å². The molecule has 1 fully saturated rings. The van der Waals surface area contributed by atoms with Crippen LogP contribution in [0, 0.1) is 23.7 Å². The molecule has 1 saturated heterocycles. The summed E-state index contributed by atoms with van der Waals surface area (Å²) in [6.07, 6.45) is 0.497. The minimum Gasteiger partial charge on any atom is -0.507 e. The van der Waals surface area contributed by atoms with Crippen molar-refractivity contribution in [2.24, 2.45) is 0 Å². The normalized spacial score (nSPS) is 30.0. The van der Waals surface area contributed by atoms with Gasteiger partial charge in [-0.3, -0.25) is 9.59 Å². The van der Waals surface area contributed by atoms with Gasteiger partial charge in [-0.2, -0.15) is 0 Å². The van der Waals surface area contributed by atoms with Gasteiger partial charge < -0.3 is 30.7 Å². The van der Waals surface area contributed by atoms with Gasteiger partial charge in [-0.05, 0) is 49.9 Å². The number of anilines is 1. The van der Waals surface area contributed by atoms with E-state index in [0.717, 1.165) is 5.56 Å². The molecule has 2 bridgehead atoms. The van der Waals surface area contributed by atoms with Gasteiger partial charge in [0.25, 0.3) is 0 Å². The van der Waals surface area contributed by atoms with Gasteiger partial charge in [0.1, 0.15) is 11.8 Å². The molecule has 2 aliphatic heterocycles. The molecule has 2 aromatic rings. The second-order valence-corrected chi connectivity index (χ2v) is 9.33. The molecule has 8 nitrogen and oxygen atoms in total. The average Bonchev–Trinajstić information content (AvgIpc) is 3.58. The van der Waals surface area contributed by atoms with Crippen LogP contribution in [0.1, 0.15) is 49.9 Å². The summed E-state index contributed by atoms with van der Waals surface area (Å²) in [5.41, 5.74) is -1.40. The SMILES string of the molecule is CNCc1ccc2c(c1)C(=O)c1c(O)cc3c(c1C2=O)N[C@H]1C#C/C=C\C#C[C@@H](O)[C@@]32O[C@@]12[C@@H](C)O. The standard InChI is InChI=1S/C28H22N2O6/c1-14(31)27-20-7-5-3-4-6-8-21(33)28(27,36-27)18-12-19(32)22-23(24(18)30-20)25(34)16-10-9-15(13-29-2)11-17(16)26(22)35/h3-4,9-12,14,20-21,29-33H,13H2,1-2H3/b4-3-/t14-,20+,21-,27+,28+/m1/s1. The number of ketones is 2. The number of nitrogens with one attached hydrogen (secondary N) is 2. The third kappa shape index (κ3) is 2.64. The van der Waals surface area contributed by atoms with E-state index in [9.17, 15) is 24.9 Å². The lowest BCUT2D eigenvalue weighted by atomic mass is 9.69. The van der Waals surface area contributed by atoms with Crippen molar-refractivity contribution in [1.29, 1.82) is 0 Å². The van der Waals surface area contributed by atoms with Crippen molar-refractivity contribution in [3.63, 3.8) is 0 Å². The van der Waals surface area contributed by atoms with E-state index in [0.29, 0.717) is 6.54 Å². The molecule has 5 atom stereocenters. The molecule has 36 heavy (non-hydrogen) atoms. The highest BCUT2D eigenvalue weighted by atomic mass is 16.7. The summed E-state index contributed by atoms with van der Waals surface area (Å²) in [6, 6.07) is 5.49. The number of hydrogen-bond acceptors (Lipinski definition) is 8. The molecule has 0 saturated carbocycles. The number of epoxide rings is 1. The number of phenols is 1. The van der Waals surface area contributed by atoms with Crippen LogP contribution in [0.3, 0.4) is 0 Å². The molecule has 2 heterocycles. The number of carbonyl (C=O) groups is 2. The van der Waals surface area contributed by atoms with E-state index < -0.39 is 46.8 Å². The Hall–Kier alpha value is -3.92. The Labute approximate surface area is 207 Å². The third-order valence-corrected chi connectivity index (χ3v) is 7.40. The quantitative estimate of drug-likeness (QED) is 0.212. The lowest BCUT2D eigenvalue weighted by Gasteiger charge is -2.37. The topological polar surface area (TPSA) is 131 Å². The number of aromatic hydroxyl groups is 1. The van der Waals surface area contributed by atoms with Gasteiger partial charge >= 0.3 is 0 Å². The van der Waals surface area contributed by atoms with Crippen molar-refractivity contribution < 1.29 is 29.6 Å². The molecule has 2 aromatic carbocycles.